The first-order chi connectivity index (χ1) is 7.31. The molecule has 1 aliphatic rings. The summed E-state index contributed by atoms with van der Waals surface area (Å²) in [6.45, 7) is 0.531. The van der Waals surface area contributed by atoms with Crippen LogP contribution in [-0.4, -0.2) is 18.5 Å². The molecule has 1 aromatic carbocycles. The molecule has 1 atom stereocenters. The third kappa shape index (κ3) is 3.22. The second kappa shape index (κ2) is 5.87. The average Bonchev–Trinajstić information content (AvgIpc) is 3.10. The van der Waals surface area contributed by atoms with E-state index < -0.39 is 0 Å². The first kappa shape index (κ1) is 13.0. The number of amides is 1. The highest BCUT2D eigenvalue weighted by atomic mass is 35.5. The fraction of sp³-hybridized carbons (Fsp3) is 0.417. The minimum atomic E-state index is -0.0158. The minimum Gasteiger partial charge on any atom is -0.348 e. The van der Waals surface area contributed by atoms with E-state index in [0.29, 0.717) is 18.0 Å². The molecule has 0 aliphatic heterocycles. The Morgan fingerprint density at radius 1 is 1.38 bits per heavy atom. The summed E-state index contributed by atoms with van der Waals surface area (Å²) in [4.78, 5) is 11.8. The van der Waals surface area contributed by atoms with Crippen LogP contribution in [0.15, 0.2) is 30.3 Å². The van der Waals surface area contributed by atoms with Crippen LogP contribution in [-0.2, 0) is 0 Å². The van der Waals surface area contributed by atoms with E-state index in [-0.39, 0.29) is 24.4 Å². The Morgan fingerprint density at radius 2 is 2.00 bits per heavy atom. The summed E-state index contributed by atoms with van der Waals surface area (Å²) in [6.07, 6.45) is 2.38. The lowest BCUT2D eigenvalue weighted by atomic mass is 10.1. The summed E-state index contributed by atoms with van der Waals surface area (Å²) in [5, 5.41) is 2.98. The summed E-state index contributed by atoms with van der Waals surface area (Å²) in [7, 11) is 0. The number of carbonyl (C=O) groups is 1. The van der Waals surface area contributed by atoms with E-state index in [0.717, 1.165) is 0 Å². The summed E-state index contributed by atoms with van der Waals surface area (Å²) in [5.41, 5.74) is 6.33. The number of halogens is 1. The van der Waals surface area contributed by atoms with Crippen LogP contribution in [0.2, 0.25) is 0 Å². The molecule has 1 fully saturated rings. The molecule has 0 spiro atoms. The molecular weight excluding hydrogens is 224 g/mol. The van der Waals surface area contributed by atoms with Crippen LogP contribution in [0.1, 0.15) is 23.2 Å². The van der Waals surface area contributed by atoms with E-state index in [2.05, 4.69) is 5.32 Å². The first-order valence-electron chi connectivity index (χ1n) is 5.37. The van der Waals surface area contributed by atoms with Gasteiger partial charge in [0.05, 0.1) is 0 Å². The van der Waals surface area contributed by atoms with Gasteiger partial charge in [-0.15, -0.1) is 12.4 Å². The zero-order valence-corrected chi connectivity index (χ0v) is 9.87. The van der Waals surface area contributed by atoms with Crippen molar-refractivity contribution in [1.82, 2.24) is 5.32 Å². The van der Waals surface area contributed by atoms with Gasteiger partial charge in [0.25, 0.3) is 5.91 Å². The van der Waals surface area contributed by atoms with Gasteiger partial charge in [-0.3, -0.25) is 4.79 Å². The van der Waals surface area contributed by atoms with E-state index in [9.17, 15) is 4.79 Å². The van der Waals surface area contributed by atoms with Crippen molar-refractivity contribution in [2.24, 2.45) is 11.7 Å². The molecule has 3 N–H and O–H groups in total. The van der Waals surface area contributed by atoms with Gasteiger partial charge in [-0.2, -0.15) is 0 Å². The fourth-order valence-electron chi connectivity index (χ4n) is 1.71. The Hall–Kier alpha value is -1.06. The lowest BCUT2D eigenvalue weighted by Gasteiger charge is -2.15. The number of carbonyl (C=O) groups excluding carboxylic acids is 1. The second-order valence-corrected chi connectivity index (χ2v) is 4.02. The van der Waals surface area contributed by atoms with E-state index >= 15 is 0 Å². The Balaban J connectivity index is 0.00000128. The molecule has 0 bridgehead atoms. The van der Waals surface area contributed by atoms with Gasteiger partial charge in [0.15, 0.2) is 0 Å². The van der Waals surface area contributed by atoms with Gasteiger partial charge >= 0.3 is 0 Å². The van der Waals surface area contributed by atoms with Gasteiger partial charge in [0.1, 0.15) is 0 Å². The highest BCUT2D eigenvalue weighted by Gasteiger charge is 2.31. The Labute approximate surface area is 102 Å². The lowest BCUT2D eigenvalue weighted by Crippen LogP contribution is -2.41. The summed E-state index contributed by atoms with van der Waals surface area (Å²) in [5.74, 6) is 0.584. The van der Waals surface area contributed by atoms with Gasteiger partial charge < -0.3 is 11.1 Å². The van der Waals surface area contributed by atoms with Crippen LogP contribution in [0.25, 0.3) is 0 Å². The Bertz CT molecular complexity index is 338. The molecule has 1 aromatic rings. The zero-order valence-electron chi connectivity index (χ0n) is 9.06. The van der Waals surface area contributed by atoms with Crippen molar-refractivity contribution in [1.29, 1.82) is 0 Å². The van der Waals surface area contributed by atoms with Gasteiger partial charge in [-0.1, -0.05) is 18.2 Å². The highest BCUT2D eigenvalue weighted by Crippen LogP contribution is 2.32. The third-order valence-electron chi connectivity index (χ3n) is 2.80. The topological polar surface area (TPSA) is 55.1 Å². The number of rotatable bonds is 4. The third-order valence-corrected chi connectivity index (χ3v) is 2.80. The molecular formula is C12H17ClN2O. The fourth-order valence-corrected chi connectivity index (χ4v) is 1.71. The van der Waals surface area contributed by atoms with Crippen LogP contribution < -0.4 is 11.1 Å². The highest BCUT2D eigenvalue weighted by molar-refractivity contribution is 5.94. The van der Waals surface area contributed by atoms with E-state index in [1.54, 1.807) is 0 Å². The summed E-state index contributed by atoms with van der Waals surface area (Å²) < 4.78 is 0. The Morgan fingerprint density at radius 3 is 2.50 bits per heavy atom. The number of hydrogen-bond donors (Lipinski definition) is 2. The van der Waals surface area contributed by atoms with E-state index in [1.807, 2.05) is 30.3 Å². The molecule has 0 radical (unpaired) electrons. The normalized spacial score (nSPS) is 16.1. The van der Waals surface area contributed by atoms with Crippen LogP contribution in [0.5, 0.6) is 0 Å². The molecule has 1 aliphatic carbocycles. The monoisotopic (exact) mass is 240 g/mol. The van der Waals surface area contributed by atoms with Crippen molar-refractivity contribution in [3.63, 3.8) is 0 Å². The van der Waals surface area contributed by atoms with Crippen molar-refractivity contribution in [2.45, 2.75) is 18.9 Å². The van der Waals surface area contributed by atoms with E-state index in [1.165, 1.54) is 12.8 Å². The molecule has 1 amide bonds. The quantitative estimate of drug-likeness (QED) is 0.840. The predicted molar refractivity (Wildman–Crippen MR) is 66.7 cm³/mol. The van der Waals surface area contributed by atoms with Crippen molar-refractivity contribution in [3.8, 4) is 0 Å². The van der Waals surface area contributed by atoms with Crippen LogP contribution in [0.3, 0.4) is 0 Å². The first-order valence-corrected chi connectivity index (χ1v) is 5.37. The van der Waals surface area contributed by atoms with Gasteiger partial charge in [-0.25, -0.2) is 0 Å². The average molecular weight is 241 g/mol. The van der Waals surface area contributed by atoms with Gasteiger partial charge in [0.2, 0.25) is 0 Å². The van der Waals surface area contributed by atoms with Crippen molar-refractivity contribution >= 4 is 18.3 Å². The van der Waals surface area contributed by atoms with Crippen LogP contribution in [0.4, 0.5) is 0 Å². The maximum atomic E-state index is 11.8. The maximum Gasteiger partial charge on any atom is 0.251 e. The predicted octanol–water partition coefficient (Wildman–Crippen LogP) is 1.58. The smallest absolute Gasteiger partial charge is 0.251 e. The second-order valence-electron chi connectivity index (χ2n) is 4.02. The number of nitrogens with two attached hydrogens (primary N) is 1. The van der Waals surface area contributed by atoms with Crippen LogP contribution >= 0.6 is 12.4 Å². The molecule has 3 nitrogen and oxygen atoms in total. The number of benzene rings is 1. The van der Waals surface area contributed by atoms with Gasteiger partial charge in [0, 0.05) is 18.2 Å². The lowest BCUT2D eigenvalue weighted by molar-refractivity contribution is 0.0933. The number of nitrogens with one attached hydrogen (secondary N) is 1. The van der Waals surface area contributed by atoms with Crippen molar-refractivity contribution in [3.05, 3.63) is 35.9 Å². The molecule has 16 heavy (non-hydrogen) atoms. The summed E-state index contributed by atoms with van der Waals surface area (Å²) in [6, 6.07) is 9.41. The van der Waals surface area contributed by atoms with Crippen molar-refractivity contribution in [2.75, 3.05) is 6.54 Å². The molecule has 4 heteroatoms. The van der Waals surface area contributed by atoms with Gasteiger partial charge in [-0.05, 0) is 30.9 Å². The number of hydrogen-bond acceptors (Lipinski definition) is 2. The molecule has 88 valence electrons. The molecule has 0 saturated heterocycles. The molecule has 0 heterocycles. The molecule has 0 aromatic heterocycles. The maximum absolute atomic E-state index is 11.8. The minimum absolute atomic E-state index is 0. The molecule has 1 saturated carbocycles. The molecule has 2 rings (SSSR count). The Kier molecular flexibility index (Phi) is 4.77. The molecule has 1 unspecified atom stereocenters. The van der Waals surface area contributed by atoms with Crippen LogP contribution in [0, 0.1) is 5.92 Å². The zero-order chi connectivity index (χ0) is 10.7. The SMILES string of the molecule is Cl.NCC(NC(=O)c1ccccc1)C1CC1. The largest absolute Gasteiger partial charge is 0.348 e. The van der Waals surface area contributed by atoms with E-state index in [4.69, 9.17) is 5.73 Å². The standard InChI is InChI=1S/C12H16N2O.ClH/c13-8-11(9-6-7-9)14-12(15)10-4-2-1-3-5-10;/h1-5,9,11H,6-8,13H2,(H,14,15);1H. The summed E-state index contributed by atoms with van der Waals surface area (Å²) >= 11 is 0. The van der Waals surface area contributed by atoms with Crippen molar-refractivity contribution < 1.29 is 4.79 Å².